The van der Waals surface area contributed by atoms with Crippen LogP contribution in [0.15, 0.2) is 121 Å². The Morgan fingerprint density at radius 3 is 1.88 bits per heavy atom. The van der Waals surface area contributed by atoms with Gasteiger partial charge in [0.25, 0.3) is 0 Å². The zero-order valence-corrected chi connectivity index (χ0v) is 33.7. The Morgan fingerprint density at radius 1 is 0.695 bits per heavy atom. The lowest BCUT2D eigenvalue weighted by atomic mass is 9.76. The van der Waals surface area contributed by atoms with E-state index in [9.17, 15) is 21.6 Å². The summed E-state index contributed by atoms with van der Waals surface area (Å²) in [5.41, 5.74) is 0.990. The number of nitrogens with zero attached hydrogens (tertiary/aromatic N) is 2. The minimum atomic E-state index is -6.02. The standard InChI is InChI=1S/C47H41F3N2O6S/c1-45(2)39-13-9-8-12-35(39)42-37-28-41(58-59(53,54)47(48,49)50)40(56-4)29-38(37)44-36(43(42)45)22-23-46(57-44,30-10-6-5-7-11-30)31-14-16-32(17-15-31)51-24-26-52(27-25-51)33-18-20-34(55-3)21-19-33/h5-23,28-29H,24-27H2,1-4H3. The summed E-state index contributed by atoms with van der Waals surface area (Å²) >= 11 is 0. The van der Waals surface area contributed by atoms with Crippen LogP contribution in [0.2, 0.25) is 0 Å². The minimum Gasteiger partial charge on any atom is -0.497 e. The number of halogens is 3. The van der Waals surface area contributed by atoms with Crippen molar-refractivity contribution >= 4 is 38.3 Å². The first kappa shape index (κ1) is 38.4. The van der Waals surface area contributed by atoms with E-state index < -0.39 is 32.4 Å². The van der Waals surface area contributed by atoms with E-state index in [1.807, 2.05) is 66.7 Å². The van der Waals surface area contributed by atoms with Crippen LogP contribution in [0.25, 0.3) is 28.0 Å². The third-order valence-electron chi connectivity index (χ3n) is 11.9. The number of benzene rings is 6. The molecule has 0 bridgehead atoms. The smallest absolute Gasteiger partial charge is 0.497 e. The third-order valence-corrected chi connectivity index (χ3v) is 12.9. The van der Waals surface area contributed by atoms with Crippen LogP contribution in [0, 0.1) is 0 Å². The van der Waals surface area contributed by atoms with Crippen molar-refractivity contribution in [3.05, 3.63) is 149 Å². The van der Waals surface area contributed by atoms with Gasteiger partial charge in [-0.15, -0.1) is 0 Å². The largest absolute Gasteiger partial charge is 0.534 e. The van der Waals surface area contributed by atoms with Crippen molar-refractivity contribution in [1.82, 2.24) is 0 Å². The Kier molecular flexibility index (Phi) is 9.11. The van der Waals surface area contributed by atoms with E-state index in [0.29, 0.717) is 16.5 Å². The Balaban J connectivity index is 1.16. The van der Waals surface area contributed by atoms with Gasteiger partial charge in [-0.2, -0.15) is 21.6 Å². The maximum atomic E-state index is 13.7. The predicted octanol–water partition coefficient (Wildman–Crippen LogP) is 10.1. The minimum absolute atomic E-state index is 0.196. The van der Waals surface area contributed by atoms with Crippen LogP contribution in [0.4, 0.5) is 24.5 Å². The van der Waals surface area contributed by atoms with Crippen LogP contribution in [0.3, 0.4) is 0 Å². The molecule has 1 unspecified atom stereocenters. The van der Waals surface area contributed by atoms with Gasteiger partial charge in [0, 0.05) is 65.0 Å². The molecule has 0 aromatic heterocycles. The van der Waals surface area contributed by atoms with Crippen LogP contribution in [-0.4, -0.2) is 54.3 Å². The number of hydrogen-bond donors (Lipinski definition) is 0. The van der Waals surface area contributed by atoms with E-state index in [1.165, 1.54) is 19.2 Å². The van der Waals surface area contributed by atoms with Gasteiger partial charge >= 0.3 is 15.6 Å². The molecule has 1 fully saturated rings. The highest BCUT2D eigenvalue weighted by Crippen LogP contribution is 2.59. The van der Waals surface area contributed by atoms with Gasteiger partial charge in [-0.3, -0.25) is 0 Å². The van der Waals surface area contributed by atoms with E-state index in [2.05, 4.69) is 72.2 Å². The van der Waals surface area contributed by atoms with E-state index >= 15 is 0 Å². The van der Waals surface area contributed by atoms with E-state index in [-0.39, 0.29) is 5.75 Å². The molecule has 0 spiro atoms. The molecule has 0 amide bonds. The number of ether oxygens (including phenoxy) is 3. The summed E-state index contributed by atoms with van der Waals surface area (Å²) < 4.78 is 88.7. The molecular formula is C47H41F3N2O6S. The zero-order chi connectivity index (χ0) is 41.3. The van der Waals surface area contributed by atoms with Gasteiger partial charge in [0.2, 0.25) is 0 Å². The number of rotatable bonds is 8. The molecule has 0 saturated carbocycles. The number of hydrogen-bond acceptors (Lipinski definition) is 8. The van der Waals surface area contributed by atoms with Crippen LogP contribution >= 0.6 is 0 Å². The number of alkyl halides is 3. The molecule has 0 radical (unpaired) electrons. The third kappa shape index (κ3) is 6.23. The first-order valence-corrected chi connectivity index (χ1v) is 20.7. The first-order chi connectivity index (χ1) is 28.3. The number of anilines is 2. The lowest BCUT2D eigenvalue weighted by Crippen LogP contribution is -2.46. The van der Waals surface area contributed by atoms with Crippen molar-refractivity contribution < 1.29 is 40.0 Å². The number of methoxy groups -OCH3 is 2. The molecule has 2 heterocycles. The summed E-state index contributed by atoms with van der Waals surface area (Å²) in [6.07, 6.45) is 4.15. The van der Waals surface area contributed by atoms with Gasteiger partial charge in [-0.05, 0) is 82.2 Å². The molecule has 3 aliphatic rings. The van der Waals surface area contributed by atoms with Crippen molar-refractivity contribution in [2.24, 2.45) is 0 Å². The molecule has 1 aliphatic carbocycles. The monoisotopic (exact) mass is 818 g/mol. The second-order valence-electron chi connectivity index (χ2n) is 15.5. The van der Waals surface area contributed by atoms with Gasteiger partial charge in [0.05, 0.1) is 14.2 Å². The maximum absolute atomic E-state index is 13.7. The Morgan fingerprint density at radius 2 is 1.27 bits per heavy atom. The lowest BCUT2D eigenvalue weighted by molar-refractivity contribution is -0.0500. The number of fused-ring (bicyclic) bond motifs is 8. The van der Waals surface area contributed by atoms with E-state index in [0.717, 1.165) is 82.2 Å². The van der Waals surface area contributed by atoms with Gasteiger partial charge in [-0.1, -0.05) is 86.7 Å². The fourth-order valence-corrected chi connectivity index (χ4v) is 9.41. The highest BCUT2D eigenvalue weighted by molar-refractivity contribution is 7.88. The second kappa shape index (κ2) is 14.0. The molecule has 1 atom stereocenters. The topological polar surface area (TPSA) is 77.5 Å². The molecule has 12 heteroatoms. The van der Waals surface area contributed by atoms with Crippen LogP contribution in [-0.2, 0) is 21.1 Å². The average Bonchev–Trinajstić information content (AvgIpc) is 3.49. The lowest BCUT2D eigenvalue weighted by Gasteiger charge is -2.39. The summed E-state index contributed by atoms with van der Waals surface area (Å²) in [7, 11) is -3.10. The fourth-order valence-electron chi connectivity index (χ4n) is 8.95. The quantitative estimate of drug-likeness (QED) is 0.111. The molecule has 302 valence electrons. The Hall–Kier alpha value is -6.14. The average molecular weight is 819 g/mol. The molecule has 8 nitrogen and oxygen atoms in total. The Labute approximate surface area is 341 Å². The Bertz CT molecular complexity index is 2730. The van der Waals surface area contributed by atoms with Crippen molar-refractivity contribution in [3.8, 4) is 34.1 Å². The predicted molar refractivity (Wildman–Crippen MR) is 224 cm³/mol. The van der Waals surface area contributed by atoms with Crippen molar-refractivity contribution in [3.63, 3.8) is 0 Å². The van der Waals surface area contributed by atoms with Crippen molar-refractivity contribution in [1.29, 1.82) is 0 Å². The summed E-state index contributed by atoms with van der Waals surface area (Å²) in [4.78, 5) is 4.74. The van der Waals surface area contributed by atoms with Crippen LogP contribution in [0.5, 0.6) is 23.0 Å². The van der Waals surface area contributed by atoms with Crippen molar-refractivity contribution in [2.45, 2.75) is 30.4 Å². The molecule has 59 heavy (non-hydrogen) atoms. The highest BCUT2D eigenvalue weighted by atomic mass is 32.2. The molecule has 0 N–H and O–H groups in total. The number of piperazine rings is 1. The fraction of sp³-hybridized carbons (Fsp3) is 0.234. The molecule has 2 aliphatic heterocycles. The van der Waals surface area contributed by atoms with E-state index in [4.69, 9.17) is 18.4 Å². The summed E-state index contributed by atoms with van der Waals surface area (Å²) in [6, 6.07) is 37.1. The van der Waals surface area contributed by atoms with Gasteiger partial charge < -0.3 is 28.2 Å². The van der Waals surface area contributed by atoms with Crippen LogP contribution in [0.1, 0.15) is 41.7 Å². The van der Waals surface area contributed by atoms with Crippen molar-refractivity contribution in [2.75, 3.05) is 50.2 Å². The normalized spacial score (nSPS) is 18.2. The van der Waals surface area contributed by atoms with Crippen LogP contribution < -0.4 is 28.2 Å². The molecular weight excluding hydrogens is 778 g/mol. The molecule has 1 saturated heterocycles. The second-order valence-corrected chi connectivity index (χ2v) is 17.0. The summed E-state index contributed by atoms with van der Waals surface area (Å²) in [5, 5.41) is 0.988. The van der Waals surface area contributed by atoms with E-state index in [1.54, 1.807) is 7.11 Å². The maximum Gasteiger partial charge on any atom is 0.534 e. The SMILES string of the molecule is COc1ccc(N2CCN(c3ccc(C4(c5ccccc5)C=Cc5c6c(c7cc(OS(=O)(=O)C(F)(F)F)c(OC)cc7c5O4)-c4ccccc4C6(C)C)cc3)CC2)cc1. The first-order valence-electron chi connectivity index (χ1n) is 19.3. The zero-order valence-electron chi connectivity index (χ0n) is 32.8. The summed E-state index contributed by atoms with van der Waals surface area (Å²) in [6.45, 7) is 7.60. The molecule has 6 aromatic rings. The molecule has 6 aromatic carbocycles. The van der Waals surface area contributed by atoms with Gasteiger partial charge in [0.15, 0.2) is 17.1 Å². The highest BCUT2D eigenvalue weighted by Gasteiger charge is 2.49. The summed E-state index contributed by atoms with van der Waals surface area (Å²) in [5.74, 6) is 0.530. The van der Waals surface area contributed by atoms with Gasteiger partial charge in [-0.25, -0.2) is 0 Å². The van der Waals surface area contributed by atoms with Gasteiger partial charge in [0.1, 0.15) is 11.5 Å². The molecule has 9 rings (SSSR count).